The number of nitrogens with zero attached hydrogens (tertiary/aromatic N) is 1. The van der Waals surface area contributed by atoms with E-state index in [-0.39, 0.29) is 11.9 Å². The van der Waals surface area contributed by atoms with Crippen molar-refractivity contribution in [1.82, 2.24) is 10.3 Å². The van der Waals surface area contributed by atoms with Crippen LogP contribution in [0.2, 0.25) is 0 Å². The molecule has 4 N–H and O–H groups in total. The molecule has 0 fully saturated rings. The quantitative estimate of drug-likeness (QED) is 0.786. The maximum absolute atomic E-state index is 11.8. The molecule has 0 saturated heterocycles. The Morgan fingerprint density at radius 2 is 2.08 bits per heavy atom. The third-order valence-corrected chi connectivity index (χ3v) is 3.65. The minimum absolute atomic E-state index is 0.0877. The molecule has 7 heteroatoms. The first kappa shape index (κ1) is 18.2. The van der Waals surface area contributed by atoms with Crippen molar-refractivity contribution in [3.8, 4) is 0 Å². The van der Waals surface area contributed by atoms with E-state index in [4.69, 9.17) is 10.5 Å². The van der Waals surface area contributed by atoms with Gasteiger partial charge in [-0.3, -0.25) is 10.1 Å². The highest BCUT2D eigenvalue weighted by Gasteiger charge is 2.24. The predicted molar refractivity (Wildman–Crippen MR) is 91.6 cm³/mol. The Bertz CT molecular complexity index is 623. The average molecular weight is 334 g/mol. The molecule has 1 aliphatic rings. The molecule has 2 rings (SSSR count). The van der Waals surface area contributed by atoms with E-state index in [0.29, 0.717) is 5.82 Å². The van der Waals surface area contributed by atoms with Gasteiger partial charge in [-0.05, 0) is 58.6 Å². The second-order valence-corrected chi connectivity index (χ2v) is 7.10. The number of anilines is 1. The Kier molecular flexibility index (Phi) is 5.43. The van der Waals surface area contributed by atoms with Gasteiger partial charge in [-0.2, -0.15) is 0 Å². The van der Waals surface area contributed by atoms with E-state index in [1.807, 2.05) is 6.07 Å². The van der Waals surface area contributed by atoms with Crippen LogP contribution in [-0.2, 0) is 16.0 Å². The van der Waals surface area contributed by atoms with Gasteiger partial charge < -0.3 is 15.8 Å². The number of nitrogens with two attached hydrogens (primary N) is 1. The molecule has 1 heterocycles. The molecule has 132 valence electrons. The Balaban J connectivity index is 2.10. The van der Waals surface area contributed by atoms with Crippen LogP contribution in [-0.4, -0.2) is 28.6 Å². The van der Waals surface area contributed by atoms with Crippen molar-refractivity contribution in [1.29, 1.82) is 0 Å². The molecule has 7 nitrogen and oxygen atoms in total. The summed E-state index contributed by atoms with van der Waals surface area (Å²) in [6.07, 6.45) is 2.04. The monoisotopic (exact) mass is 334 g/mol. The first-order valence-corrected chi connectivity index (χ1v) is 8.21. The summed E-state index contributed by atoms with van der Waals surface area (Å²) in [5, 5.41) is 5.59. The van der Waals surface area contributed by atoms with Gasteiger partial charge in [0.25, 0.3) is 0 Å². The van der Waals surface area contributed by atoms with Crippen molar-refractivity contribution >= 4 is 17.8 Å². The Morgan fingerprint density at radius 3 is 2.71 bits per heavy atom. The molecule has 0 aliphatic heterocycles. The molecule has 0 spiro atoms. The smallest absolute Gasteiger partial charge is 0.413 e. The number of pyridine rings is 1. The maximum Gasteiger partial charge on any atom is 0.413 e. The number of fused-ring (bicyclic) bond motifs is 1. The Morgan fingerprint density at radius 1 is 1.38 bits per heavy atom. The van der Waals surface area contributed by atoms with E-state index in [0.717, 1.165) is 30.5 Å². The minimum atomic E-state index is -0.563. The van der Waals surface area contributed by atoms with Crippen molar-refractivity contribution in [3.05, 3.63) is 23.4 Å². The Labute approximate surface area is 142 Å². The lowest BCUT2D eigenvalue weighted by Crippen LogP contribution is -2.41. The number of carbonyl (C=O) groups excluding carboxylic acids is 2. The summed E-state index contributed by atoms with van der Waals surface area (Å²) in [4.78, 5) is 28.2. The van der Waals surface area contributed by atoms with Crippen LogP contribution in [0.3, 0.4) is 0 Å². The van der Waals surface area contributed by atoms with Gasteiger partial charge >= 0.3 is 6.09 Å². The van der Waals surface area contributed by atoms with Crippen molar-refractivity contribution in [2.75, 3.05) is 5.32 Å². The molecule has 2 amide bonds. The van der Waals surface area contributed by atoms with Gasteiger partial charge in [0, 0.05) is 5.69 Å². The SMILES string of the molecule is C[C@H](N)C(=O)NC1CCCc2nc(NC(=O)OC(C)(C)C)ccc21. The summed E-state index contributed by atoms with van der Waals surface area (Å²) >= 11 is 0. The summed E-state index contributed by atoms with van der Waals surface area (Å²) in [7, 11) is 0. The van der Waals surface area contributed by atoms with Gasteiger partial charge in [0.2, 0.25) is 5.91 Å². The van der Waals surface area contributed by atoms with E-state index >= 15 is 0 Å². The highest BCUT2D eigenvalue weighted by molar-refractivity contribution is 5.84. The lowest BCUT2D eigenvalue weighted by Gasteiger charge is -2.27. The standard InChI is InChI=1S/C17H26N4O3/c1-10(18)15(22)20-13-7-5-6-12-11(13)8-9-14(19-12)21-16(23)24-17(2,3)4/h8-10,13H,5-7,18H2,1-4H3,(H,20,22)(H,19,21,23)/t10-,13?/m0/s1. The molecule has 0 bridgehead atoms. The van der Waals surface area contributed by atoms with Crippen LogP contribution in [0.25, 0.3) is 0 Å². The number of amides is 2. The zero-order chi connectivity index (χ0) is 17.9. The number of hydrogen-bond acceptors (Lipinski definition) is 5. The molecular formula is C17H26N4O3. The topological polar surface area (TPSA) is 106 Å². The fraction of sp³-hybridized carbons (Fsp3) is 0.588. The lowest BCUT2D eigenvalue weighted by molar-refractivity contribution is -0.122. The fourth-order valence-corrected chi connectivity index (χ4v) is 2.59. The fourth-order valence-electron chi connectivity index (χ4n) is 2.59. The maximum atomic E-state index is 11.8. The lowest BCUT2D eigenvalue weighted by atomic mass is 9.91. The molecule has 1 aromatic heterocycles. The molecule has 0 aromatic carbocycles. The summed E-state index contributed by atoms with van der Waals surface area (Å²) in [5.74, 6) is 0.269. The number of nitrogens with one attached hydrogen (secondary N) is 2. The van der Waals surface area contributed by atoms with Crippen molar-refractivity contribution in [2.24, 2.45) is 5.73 Å². The zero-order valence-corrected chi connectivity index (χ0v) is 14.7. The van der Waals surface area contributed by atoms with E-state index in [9.17, 15) is 9.59 Å². The van der Waals surface area contributed by atoms with Crippen LogP contribution >= 0.6 is 0 Å². The van der Waals surface area contributed by atoms with E-state index < -0.39 is 17.7 Å². The molecule has 24 heavy (non-hydrogen) atoms. The van der Waals surface area contributed by atoms with Crippen LogP contribution in [0.15, 0.2) is 12.1 Å². The Hall–Kier alpha value is -2.15. The van der Waals surface area contributed by atoms with Crippen LogP contribution < -0.4 is 16.4 Å². The summed E-state index contributed by atoms with van der Waals surface area (Å²) in [5.41, 5.74) is 6.91. The second kappa shape index (κ2) is 7.17. The first-order chi connectivity index (χ1) is 11.2. The molecule has 1 unspecified atom stereocenters. The normalized spacial score (nSPS) is 18.3. The van der Waals surface area contributed by atoms with Crippen molar-refractivity contribution in [3.63, 3.8) is 0 Å². The number of aromatic nitrogens is 1. The molecule has 1 aromatic rings. The van der Waals surface area contributed by atoms with Gasteiger partial charge in [-0.25, -0.2) is 9.78 Å². The third-order valence-electron chi connectivity index (χ3n) is 3.65. The largest absolute Gasteiger partial charge is 0.444 e. The van der Waals surface area contributed by atoms with Gasteiger partial charge in [-0.15, -0.1) is 0 Å². The minimum Gasteiger partial charge on any atom is -0.444 e. The van der Waals surface area contributed by atoms with E-state index in [1.54, 1.807) is 33.8 Å². The van der Waals surface area contributed by atoms with Crippen LogP contribution in [0.5, 0.6) is 0 Å². The number of rotatable bonds is 3. The van der Waals surface area contributed by atoms with Gasteiger partial charge in [0.05, 0.1) is 12.1 Å². The van der Waals surface area contributed by atoms with Gasteiger partial charge in [0.1, 0.15) is 11.4 Å². The van der Waals surface area contributed by atoms with Crippen molar-refractivity contribution in [2.45, 2.75) is 64.6 Å². The van der Waals surface area contributed by atoms with Crippen LogP contribution in [0, 0.1) is 0 Å². The third kappa shape index (κ3) is 4.92. The second-order valence-electron chi connectivity index (χ2n) is 7.10. The summed E-state index contributed by atoms with van der Waals surface area (Å²) in [6.45, 7) is 7.07. The summed E-state index contributed by atoms with van der Waals surface area (Å²) in [6, 6.07) is 2.98. The summed E-state index contributed by atoms with van der Waals surface area (Å²) < 4.78 is 5.22. The zero-order valence-electron chi connectivity index (χ0n) is 14.7. The highest BCUT2D eigenvalue weighted by atomic mass is 16.6. The van der Waals surface area contributed by atoms with Crippen LogP contribution in [0.1, 0.15) is 57.8 Å². The molecule has 0 saturated carbocycles. The van der Waals surface area contributed by atoms with E-state index in [1.165, 1.54) is 0 Å². The number of hydrogen-bond donors (Lipinski definition) is 3. The van der Waals surface area contributed by atoms with Crippen molar-refractivity contribution < 1.29 is 14.3 Å². The van der Waals surface area contributed by atoms with Gasteiger partial charge in [0.15, 0.2) is 0 Å². The molecular weight excluding hydrogens is 308 g/mol. The first-order valence-electron chi connectivity index (χ1n) is 8.21. The molecule has 0 radical (unpaired) electrons. The highest BCUT2D eigenvalue weighted by Crippen LogP contribution is 2.29. The van der Waals surface area contributed by atoms with Gasteiger partial charge in [-0.1, -0.05) is 6.07 Å². The number of aryl methyl sites for hydroxylation is 1. The van der Waals surface area contributed by atoms with E-state index in [2.05, 4.69) is 15.6 Å². The molecule has 1 aliphatic carbocycles. The van der Waals surface area contributed by atoms with Crippen LogP contribution in [0.4, 0.5) is 10.6 Å². The number of carbonyl (C=O) groups is 2. The average Bonchev–Trinajstić information content (AvgIpc) is 2.45. The predicted octanol–water partition coefficient (Wildman–Crippen LogP) is 2.27. The number of ether oxygens (including phenoxy) is 1. The molecule has 2 atom stereocenters.